The van der Waals surface area contributed by atoms with E-state index in [2.05, 4.69) is 0 Å². The van der Waals surface area contributed by atoms with Crippen molar-refractivity contribution in [3.05, 3.63) is 44.9 Å². The molecule has 0 saturated heterocycles. The van der Waals surface area contributed by atoms with Crippen LogP contribution < -0.4 is 4.87 Å². The molecule has 1 aromatic heterocycles. The molecule has 1 aromatic carbocycles. The predicted molar refractivity (Wildman–Crippen MR) is 66.4 cm³/mol. The normalized spacial score (nSPS) is 10.4. The number of carboxylic acid groups (broad SMARTS) is 1. The highest BCUT2D eigenvalue weighted by Crippen LogP contribution is 2.20. The molecule has 0 aliphatic rings. The van der Waals surface area contributed by atoms with Crippen LogP contribution in [0.15, 0.2) is 34.4 Å². The Morgan fingerprint density at radius 1 is 1.35 bits per heavy atom. The highest BCUT2D eigenvalue weighted by molar-refractivity contribution is 7.07. The first-order valence-corrected chi connectivity index (χ1v) is 5.93. The number of carboxylic acids is 1. The van der Waals surface area contributed by atoms with E-state index in [4.69, 9.17) is 5.11 Å². The molecular weight excluding hydrogens is 238 g/mol. The molecule has 0 saturated carbocycles. The Hall–Kier alpha value is -1.88. The van der Waals surface area contributed by atoms with E-state index in [0.717, 1.165) is 22.5 Å². The van der Waals surface area contributed by atoms with E-state index < -0.39 is 5.97 Å². The number of carbonyl (C=O) groups is 1. The molecule has 5 heteroatoms. The summed E-state index contributed by atoms with van der Waals surface area (Å²) in [7, 11) is 0. The van der Waals surface area contributed by atoms with Crippen molar-refractivity contribution in [2.75, 3.05) is 0 Å². The minimum absolute atomic E-state index is 0.247. The fourth-order valence-electron chi connectivity index (χ4n) is 1.56. The van der Waals surface area contributed by atoms with E-state index >= 15 is 0 Å². The van der Waals surface area contributed by atoms with Gasteiger partial charge >= 0.3 is 10.8 Å². The van der Waals surface area contributed by atoms with Crippen molar-refractivity contribution in [3.8, 4) is 11.3 Å². The maximum atomic E-state index is 11.5. The van der Waals surface area contributed by atoms with Crippen LogP contribution in [0.25, 0.3) is 11.3 Å². The van der Waals surface area contributed by atoms with Gasteiger partial charge in [0.05, 0.1) is 5.69 Å². The highest BCUT2D eigenvalue weighted by atomic mass is 32.1. The molecule has 88 valence electrons. The second-order valence-electron chi connectivity index (χ2n) is 3.73. The summed E-state index contributed by atoms with van der Waals surface area (Å²) in [5, 5.41) is 10.5. The summed E-state index contributed by atoms with van der Waals surface area (Å²) < 4.78 is 1.28. The van der Waals surface area contributed by atoms with Gasteiger partial charge in [0.25, 0.3) is 0 Å². The standard InChI is InChI=1S/C12H11NO3S/c1-8-2-4-9(5-3-8)10-7-17-12(16)13(10)6-11(14)15/h2-5,7H,6H2,1H3,(H,14,15). The van der Waals surface area contributed by atoms with Crippen LogP contribution in [0.4, 0.5) is 0 Å². The molecule has 0 amide bonds. The van der Waals surface area contributed by atoms with E-state index in [0.29, 0.717) is 5.69 Å². The molecule has 0 fully saturated rings. The molecule has 17 heavy (non-hydrogen) atoms. The topological polar surface area (TPSA) is 59.3 Å². The first kappa shape index (κ1) is 11.6. The third-order valence-corrected chi connectivity index (χ3v) is 3.19. The fourth-order valence-corrected chi connectivity index (χ4v) is 2.33. The van der Waals surface area contributed by atoms with E-state index in [1.807, 2.05) is 31.2 Å². The summed E-state index contributed by atoms with van der Waals surface area (Å²) >= 11 is 1.02. The number of hydrogen-bond acceptors (Lipinski definition) is 3. The number of hydrogen-bond donors (Lipinski definition) is 1. The first-order valence-electron chi connectivity index (χ1n) is 5.05. The third-order valence-electron chi connectivity index (χ3n) is 2.42. The zero-order valence-corrected chi connectivity index (χ0v) is 10.0. The fraction of sp³-hybridized carbons (Fsp3) is 0.167. The Bertz CT molecular complexity index is 595. The zero-order chi connectivity index (χ0) is 12.4. The highest BCUT2D eigenvalue weighted by Gasteiger charge is 2.11. The molecule has 0 aliphatic carbocycles. The maximum Gasteiger partial charge on any atom is 0.323 e. The Labute approximate surface area is 102 Å². The molecule has 0 radical (unpaired) electrons. The van der Waals surface area contributed by atoms with Gasteiger partial charge in [-0.05, 0) is 12.5 Å². The second-order valence-corrected chi connectivity index (χ2v) is 4.55. The number of aromatic nitrogens is 1. The van der Waals surface area contributed by atoms with Crippen LogP contribution in [0.3, 0.4) is 0 Å². The lowest BCUT2D eigenvalue weighted by atomic mass is 10.1. The van der Waals surface area contributed by atoms with Gasteiger partial charge in [-0.25, -0.2) is 0 Å². The average molecular weight is 249 g/mol. The minimum atomic E-state index is -1.01. The van der Waals surface area contributed by atoms with Gasteiger partial charge in [-0.15, -0.1) is 0 Å². The van der Waals surface area contributed by atoms with Crippen molar-refractivity contribution < 1.29 is 9.90 Å². The smallest absolute Gasteiger partial charge is 0.323 e. The van der Waals surface area contributed by atoms with Gasteiger partial charge in [-0.2, -0.15) is 0 Å². The summed E-state index contributed by atoms with van der Waals surface area (Å²) in [4.78, 5) is 22.0. The molecule has 2 rings (SSSR count). The lowest BCUT2D eigenvalue weighted by Gasteiger charge is -2.05. The molecule has 1 heterocycles. The Balaban J connectivity index is 2.48. The molecule has 0 atom stereocenters. The molecular formula is C12H11NO3S. The van der Waals surface area contributed by atoms with Gasteiger partial charge in [-0.1, -0.05) is 41.2 Å². The van der Waals surface area contributed by atoms with Gasteiger partial charge < -0.3 is 5.11 Å². The molecule has 0 unspecified atom stereocenters. The Kier molecular flexibility index (Phi) is 3.10. The van der Waals surface area contributed by atoms with E-state index in [-0.39, 0.29) is 11.4 Å². The lowest BCUT2D eigenvalue weighted by molar-refractivity contribution is -0.137. The number of nitrogens with zero attached hydrogens (tertiary/aromatic N) is 1. The van der Waals surface area contributed by atoms with E-state index in [1.54, 1.807) is 5.38 Å². The molecule has 2 aromatic rings. The van der Waals surface area contributed by atoms with Gasteiger partial charge in [0.2, 0.25) is 0 Å². The van der Waals surface area contributed by atoms with Crippen LogP contribution in [0.1, 0.15) is 5.56 Å². The number of rotatable bonds is 3. The monoisotopic (exact) mass is 249 g/mol. The average Bonchev–Trinajstić information content (AvgIpc) is 2.61. The SMILES string of the molecule is Cc1ccc(-c2csc(=O)n2CC(=O)O)cc1. The summed E-state index contributed by atoms with van der Waals surface area (Å²) in [6, 6.07) is 7.63. The molecule has 0 bridgehead atoms. The van der Waals surface area contributed by atoms with Crippen molar-refractivity contribution in [3.63, 3.8) is 0 Å². The Morgan fingerprint density at radius 3 is 2.59 bits per heavy atom. The van der Waals surface area contributed by atoms with Gasteiger partial charge in [-0.3, -0.25) is 14.2 Å². The van der Waals surface area contributed by atoms with Crippen LogP contribution in [0, 0.1) is 6.92 Å². The van der Waals surface area contributed by atoms with Crippen LogP contribution >= 0.6 is 11.3 Å². The molecule has 0 spiro atoms. The maximum absolute atomic E-state index is 11.5. The van der Waals surface area contributed by atoms with Crippen molar-refractivity contribution in [2.45, 2.75) is 13.5 Å². The van der Waals surface area contributed by atoms with Crippen molar-refractivity contribution in [1.82, 2.24) is 4.57 Å². The van der Waals surface area contributed by atoms with Gasteiger partial charge in [0.15, 0.2) is 0 Å². The van der Waals surface area contributed by atoms with Crippen molar-refractivity contribution in [1.29, 1.82) is 0 Å². The van der Waals surface area contributed by atoms with Crippen LogP contribution in [-0.4, -0.2) is 15.6 Å². The number of thiazole rings is 1. The van der Waals surface area contributed by atoms with E-state index in [9.17, 15) is 9.59 Å². The second kappa shape index (κ2) is 4.55. The van der Waals surface area contributed by atoms with Crippen LogP contribution in [0.5, 0.6) is 0 Å². The van der Waals surface area contributed by atoms with E-state index in [1.165, 1.54) is 4.57 Å². The molecule has 1 N–H and O–H groups in total. The molecule has 0 aliphatic heterocycles. The summed E-state index contributed by atoms with van der Waals surface area (Å²) in [5.74, 6) is -1.01. The number of aryl methyl sites for hydroxylation is 1. The quantitative estimate of drug-likeness (QED) is 0.904. The predicted octanol–water partition coefficient (Wildman–Crippen LogP) is 1.97. The lowest BCUT2D eigenvalue weighted by Crippen LogP contribution is -2.19. The minimum Gasteiger partial charge on any atom is -0.480 e. The first-order chi connectivity index (χ1) is 8.08. The summed E-state index contributed by atoms with van der Waals surface area (Å²) in [6.45, 7) is 1.67. The molecule has 4 nitrogen and oxygen atoms in total. The number of aliphatic carboxylic acids is 1. The van der Waals surface area contributed by atoms with Crippen LogP contribution in [0.2, 0.25) is 0 Å². The van der Waals surface area contributed by atoms with Crippen molar-refractivity contribution in [2.24, 2.45) is 0 Å². The number of benzene rings is 1. The van der Waals surface area contributed by atoms with Crippen molar-refractivity contribution >= 4 is 17.3 Å². The zero-order valence-electron chi connectivity index (χ0n) is 9.21. The Morgan fingerprint density at radius 2 is 2.00 bits per heavy atom. The largest absolute Gasteiger partial charge is 0.480 e. The third kappa shape index (κ3) is 2.45. The summed E-state index contributed by atoms with van der Waals surface area (Å²) in [5.41, 5.74) is 2.63. The summed E-state index contributed by atoms with van der Waals surface area (Å²) in [6.07, 6.45) is 0. The van der Waals surface area contributed by atoms with Crippen LogP contribution in [-0.2, 0) is 11.3 Å². The van der Waals surface area contributed by atoms with Gasteiger partial charge in [0.1, 0.15) is 6.54 Å². The van der Waals surface area contributed by atoms with Gasteiger partial charge in [0, 0.05) is 5.38 Å².